The Morgan fingerprint density at radius 1 is 0.821 bits per heavy atom. The third-order valence-corrected chi connectivity index (χ3v) is 6.52. The molecule has 4 nitrogen and oxygen atoms in total. The van der Waals surface area contributed by atoms with Crippen molar-refractivity contribution < 1.29 is 0 Å². The Labute approximate surface area is 165 Å². The van der Waals surface area contributed by atoms with Crippen molar-refractivity contribution in [3.05, 3.63) is 71.5 Å². The summed E-state index contributed by atoms with van der Waals surface area (Å²) in [4.78, 5) is 15.3. The molecule has 3 aromatic rings. The average Bonchev–Trinajstić information content (AvgIpc) is 3.49. The van der Waals surface area contributed by atoms with Gasteiger partial charge in [0.1, 0.15) is 6.17 Å². The van der Waals surface area contributed by atoms with Gasteiger partial charge in [-0.25, -0.2) is 9.97 Å². The van der Waals surface area contributed by atoms with Gasteiger partial charge in [-0.05, 0) is 48.9 Å². The van der Waals surface area contributed by atoms with Gasteiger partial charge in [-0.3, -0.25) is 0 Å². The largest absolute Gasteiger partial charge is 0.302 e. The second kappa shape index (κ2) is 5.81. The number of aromatic nitrogens is 2. The Bertz CT molecular complexity index is 1060. The lowest BCUT2D eigenvalue weighted by atomic mass is 9.99. The van der Waals surface area contributed by atoms with Gasteiger partial charge >= 0.3 is 0 Å². The maximum atomic E-state index is 5.18. The predicted octanol–water partition coefficient (Wildman–Crippen LogP) is 5.33. The topological polar surface area (TPSA) is 32.3 Å². The van der Waals surface area contributed by atoms with Crippen LogP contribution < -0.4 is 9.80 Å². The number of anilines is 4. The number of nitrogens with zero attached hydrogens (tertiary/aromatic N) is 4. The van der Waals surface area contributed by atoms with E-state index in [9.17, 15) is 0 Å². The number of fused-ring (bicyclic) bond motifs is 8. The number of benzene rings is 2. The lowest BCUT2D eigenvalue weighted by molar-refractivity contribution is 0.575. The molecule has 0 radical (unpaired) electrons. The maximum Gasteiger partial charge on any atom is 0.178 e. The van der Waals surface area contributed by atoms with E-state index in [0.717, 1.165) is 35.9 Å². The molecule has 3 unspecified atom stereocenters. The molecule has 0 N–H and O–H groups in total. The molecular weight excluding hydrogens is 344 g/mol. The van der Waals surface area contributed by atoms with Crippen LogP contribution in [0.4, 0.5) is 23.0 Å². The maximum absolute atomic E-state index is 5.18. The number of aryl methyl sites for hydroxylation is 2. The minimum atomic E-state index is 0.272. The fourth-order valence-corrected chi connectivity index (χ4v) is 5.17. The molecule has 140 valence electrons. The highest BCUT2D eigenvalue weighted by atomic mass is 15.5. The molecule has 6 rings (SSSR count). The molecule has 4 heteroatoms. The Balaban J connectivity index is 1.62. The van der Waals surface area contributed by atoms with Crippen molar-refractivity contribution in [3.63, 3.8) is 0 Å². The van der Waals surface area contributed by atoms with Crippen LogP contribution in [0, 0.1) is 5.92 Å². The molecule has 1 aliphatic carbocycles. The van der Waals surface area contributed by atoms with Crippen molar-refractivity contribution in [1.82, 2.24) is 9.97 Å². The molecule has 28 heavy (non-hydrogen) atoms. The Morgan fingerprint density at radius 3 is 2.18 bits per heavy atom. The van der Waals surface area contributed by atoms with Crippen LogP contribution in [0.2, 0.25) is 0 Å². The average molecular weight is 368 g/mol. The van der Waals surface area contributed by atoms with Gasteiger partial charge in [-0.1, -0.05) is 50.2 Å². The first kappa shape index (κ1) is 16.1. The smallest absolute Gasteiger partial charge is 0.178 e. The Kier molecular flexibility index (Phi) is 3.34. The normalized spacial score (nSPS) is 23.7. The van der Waals surface area contributed by atoms with Crippen LogP contribution in [-0.4, -0.2) is 16.1 Å². The van der Waals surface area contributed by atoms with E-state index in [0.29, 0.717) is 11.8 Å². The van der Waals surface area contributed by atoms with Crippen molar-refractivity contribution in [2.45, 2.75) is 45.2 Å². The highest BCUT2D eigenvalue weighted by Gasteiger charge is 2.58. The Hall–Kier alpha value is -2.88. The second-order valence-electron chi connectivity index (χ2n) is 8.03. The summed E-state index contributed by atoms with van der Waals surface area (Å²) in [7, 11) is 0. The summed E-state index contributed by atoms with van der Waals surface area (Å²) in [6, 6.07) is 19.6. The van der Waals surface area contributed by atoms with Gasteiger partial charge in [0, 0.05) is 17.3 Å². The molecular formula is C24H24N4. The summed E-state index contributed by atoms with van der Waals surface area (Å²) in [6.07, 6.45) is 3.35. The summed E-state index contributed by atoms with van der Waals surface area (Å²) in [6.45, 7) is 4.36. The zero-order valence-electron chi connectivity index (χ0n) is 16.3. The van der Waals surface area contributed by atoms with Gasteiger partial charge in [-0.2, -0.15) is 0 Å². The summed E-state index contributed by atoms with van der Waals surface area (Å²) < 4.78 is 0. The van der Waals surface area contributed by atoms with E-state index < -0.39 is 0 Å². The number of hydrogen-bond donors (Lipinski definition) is 0. The van der Waals surface area contributed by atoms with Crippen LogP contribution in [0.1, 0.15) is 43.1 Å². The van der Waals surface area contributed by atoms with E-state index in [1.54, 1.807) is 0 Å². The monoisotopic (exact) mass is 368 g/mol. The molecule has 0 amide bonds. The highest BCUT2D eigenvalue weighted by Crippen LogP contribution is 2.64. The summed E-state index contributed by atoms with van der Waals surface area (Å²) in [5, 5.41) is 0. The summed E-state index contributed by atoms with van der Waals surface area (Å²) in [5.74, 6) is 3.34. The van der Waals surface area contributed by atoms with Gasteiger partial charge in [0.15, 0.2) is 11.6 Å². The molecule has 1 saturated carbocycles. The van der Waals surface area contributed by atoms with Crippen LogP contribution in [0.15, 0.2) is 54.6 Å². The third kappa shape index (κ3) is 2.06. The van der Waals surface area contributed by atoms with E-state index in [1.807, 2.05) is 0 Å². The third-order valence-electron chi connectivity index (χ3n) is 6.52. The van der Waals surface area contributed by atoms with Crippen molar-refractivity contribution in [3.8, 4) is 0 Å². The van der Waals surface area contributed by atoms with Crippen LogP contribution in [0.3, 0.4) is 0 Å². The minimum Gasteiger partial charge on any atom is -0.302 e. The summed E-state index contributed by atoms with van der Waals surface area (Å²) >= 11 is 0. The van der Waals surface area contributed by atoms with E-state index >= 15 is 0 Å². The Morgan fingerprint density at radius 2 is 1.46 bits per heavy atom. The van der Waals surface area contributed by atoms with Crippen molar-refractivity contribution in [2.24, 2.45) is 5.92 Å². The van der Waals surface area contributed by atoms with Crippen LogP contribution in [-0.2, 0) is 12.8 Å². The number of rotatable bonds is 3. The number of para-hydroxylation sites is 2. The van der Waals surface area contributed by atoms with Gasteiger partial charge in [0.25, 0.3) is 0 Å². The molecule has 3 heterocycles. The second-order valence-corrected chi connectivity index (χ2v) is 8.03. The molecule has 2 aliphatic heterocycles. The molecule has 1 fully saturated rings. The summed E-state index contributed by atoms with van der Waals surface area (Å²) in [5.41, 5.74) is 6.26. The van der Waals surface area contributed by atoms with Gasteiger partial charge < -0.3 is 9.80 Å². The van der Waals surface area contributed by atoms with E-state index in [2.05, 4.69) is 78.2 Å². The molecule has 0 saturated heterocycles. The molecule has 1 aromatic heterocycles. The highest BCUT2D eigenvalue weighted by molar-refractivity contribution is 5.86. The van der Waals surface area contributed by atoms with Crippen molar-refractivity contribution in [2.75, 3.05) is 9.80 Å². The van der Waals surface area contributed by atoms with Crippen molar-refractivity contribution >= 4 is 23.0 Å². The first-order valence-electron chi connectivity index (χ1n) is 10.4. The lowest BCUT2D eigenvalue weighted by Gasteiger charge is -2.36. The number of hydrogen-bond acceptors (Lipinski definition) is 4. The minimum absolute atomic E-state index is 0.272. The van der Waals surface area contributed by atoms with Gasteiger partial charge in [-0.15, -0.1) is 0 Å². The van der Waals surface area contributed by atoms with Crippen molar-refractivity contribution in [1.29, 1.82) is 0 Å². The standard InChI is InChI=1S/C24H24N4/c1-3-19-20(4-2)26-23-22(25-19)27(15-10-6-5-7-11-15)24-18-14-17(18)16-12-8-9-13-21(16)28(23)24/h5-13,17-18,24H,3-4,14H2,1-2H3. The van der Waals surface area contributed by atoms with E-state index in [-0.39, 0.29) is 6.17 Å². The fourth-order valence-electron chi connectivity index (χ4n) is 5.17. The molecule has 0 bridgehead atoms. The van der Waals surface area contributed by atoms with Gasteiger partial charge in [0.05, 0.1) is 11.4 Å². The van der Waals surface area contributed by atoms with Gasteiger partial charge in [0.2, 0.25) is 0 Å². The fraction of sp³-hybridized carbons (Fsp3) is 0.333. The van der Waals surface area contributed by atoms with Crippen LogP contribution in [0.25, 0.3) is 0 Å². The van der Waals surface area contributed by atoms with E-state index in [1.165, 1.54) is 23.4 Å². The molecule has 3 aliphatic rings. The van der Waals surface area contributed by atoms with Crippen LogP contribution in [0.5, 0.6) is 0 Å². The quantitative estimate of drug-likeness (QED) is 0.625. The molecule has 0 spiro atoms. The first-order valence-corrected chi connectivity index (χ1v) is 10.4. The zero-order valence-corrected chi connectivity index (χ0v) is 16.3. The molecule has 3 atom stereocenters. The van der Waals surface area contributed by atoms with E-state index in [4.69, 9.17) is 9.97 Å². The molecule has 2 aromatic carbocycles. The SMILES string of the molecule is CCc1nc2c(nc1CC)N1c3ccccc3C3CC3C1N2c1ccccc1. The first-order chi connectivity index (χ1) is 13.8. The lowest BCUT2D eigenvalue weighted by Crippen LogP contribution is -2.42. The zero-order chi connectivity index (χ0) is 18.8. The van der Waals surface area contributed by atoms with Crippen LogP contribution >= 0.6 is 0 Å². The predicted molar refractivity (Wildman–Crippen MR) is 113 cm³/mol.